The molecule has 4 amide bonds. The molecule has 1 fully saturated rings. The van der Waals surface area contributed by atoms with Gasteiger partial charge in [0.25, 0.3) is 11.8 Å². The molecular formula is C20H15BrN2O7. The molecule has 1 aliphatic heterocycles. The van der Waals surface area contributed by atoms with E-state index in [0.717, 1.165) is 4.90 Å². The molecular weight excluding hydrogens is 460 g/mol. The van der Waals surface area contributed by atoms with Crippen LogP contribution in [-0.2, 0) is 14.4 Å². The van der Waals surface area contributed by atoms with Gasteiger partial charge in [-0.3, -0.25) is 14.9 Å². The first-order valence-electron chi connectivity index (χ1n) is 8.50. The molecule has 0 unspecified atom stereocenters. The van der Waals surface area contributed by atoms with E-state index < -0.39 is 30.4 Å². The molecule has 1 saturated heterocycles. The van der Waals surface area contributed by atoms with Gasteiger partial charge in [0.15, 0.2) is 6.61 Å². The highest BCUT2D eigenvalue weighted by molar-refractivity contribution is 9.10. The average Bonchev–Trinajstić information content (AvgIpc) is 2.70. The minimum atomic E-state index is -1.12. The largest absolute Gasteiger partial charge is 0.497 e. The monoisotopic (exact) mass is 474 g/mol. The number of carbonyl (C=O) groups is 4. The zero-order valence-electron chi connectivity index (χ0n) is 15.5. The number of amides is 4. The molecule has 10 heteroatoms. The Bertz CT molecular complexity index is 1060. The van der Waals surface area contributed by atoms with E-state index in [1.807, 2.05) is 0 Å². The van der Waals surface area contributed by atoms with Crippen molar-refractivity contribution >= 4 is 51.5 Å². The number of aliphatic carboxylic acids is 1. The van der Waals surface area contributed by atoms with Crippen LogP contribution in [0.5, 0.6) is 11.5 Å². The Labute approximate surface area is 179 Å². The van der Waals surface area contributed by atoms with Crippen LogP contribution < -0.4 is 19.7 Å². The minimum Gasteiger partial charge on any atom is -0.497 e. The molecule has 2 aromatic rings. The summed E-state index contributed by atoms with van der Waals surface area (Å²) in [5, 5.41) is 10.8. The van der Waals surface area contributed by atoms with Crippen LogP contribution in [0.4, 0.5) is 10.5 Å². The molecule has 0 spiro atoms. The van der Waals surface area contributed by atoms with E-state index in [9.17, 15) is 19.2 Å². The summed E-state index contributed by atoms with van der Waals surface area (Å²) in [5.41, 5.74) is 0.499. The van der Waals surface area contributed by atoms with E-state index >= 15 is 0 Å². The molecule has 30 heavy (non-hydrogen) atoms. The lowest BCUT2D eigenvalue weighted by atomic mass is 10.1. The van der Waals surface area contributed by atoms with Gasteiger partial charge in [-0.2, -0.15) is 0 Å². The van der Waals surface area contributed by atoms with Crippen LogP contribution in [0.15, 0.2) is 52.5 Å². The number of urea groups is 1. The van der Waals surface area contributed by atoms with Crippen LogP contribution in [0.3, 0.4) is 0 Å². The average molecular weight is 475 g/mol. The number of imide groups is 2. The highest BCUT2D eigenvalue weighted by atomic mass is 79.9. The van der Waals surface area contributed by atoms with Gasteiger partial charge in [-0.25, -0.2) is 14.5 Å². The van der Waals surface area contributed by atoms with Gasteiger partial charge >= 0.3 is 12.0 Å². The molecule has 1 heterocycles. The molecule has 0 aromatic heterocycles. The summed E-state index contributed by atoms with van der Waals surface area (Å²) in [6, 6.07) is 9.96. The van der Waals surface area contributed by atoms with Gasteiger partial charge in [0.2, 0.25) is 0 Å². The van der Waals surface area contributed by atoms with Gasteiger partial charge in [-0.1, -0.05) is 6.07 Å². The van der Waals surface area contributed by atoms with Crippen molar-refractivity contribution in [3.8, 4) is 11.5 Å². The van der Waals surface area contributed by atoms with Gasteiger partial charge in [0.1, 0.15) is 17.1 Å². The first-order chi connectivity index (χ1) is 14.3. The number of carboxylic acids is 1. The third kappa shape index (κ3) is 4.49. The Morgan fingerprint density at radius 2 is 1.87 bits per heavy atom. The Morgan fingerprint density at radius 3 is 2.47 bits per heavy atom. The van der Waals surface area contributed by atoms with Gasteiger partial charge < -0.3 is 14.6 Å². The fourth-order valence-corrected chi connectivity index (χ4v) is 3.16. The maximum Gasteiger partial charge on any atom is 0.341 e. The Morgan fingerprint density at radius 1 is 1.17 bits per heavy atom. The van der Waals surface area contributed by atoms with E-state index in [-0.39, 0.29) is 17.0 Å². The topological polar surface area (TPSA) is 122 Å². The van der Waals surface area contributed by atoms with Crippen molar-refractivity contribution in [1.29, 1.82) is 0 Å². The van der Waals surface area contributed by atoms with Crippen LogP contribution >= 0.6 is 15.9 Å². The molecule has 0 aliphatic carbocycles. The lowest BCUT2D eigenvalue weighted by Crippen LogP contribution is -2.54. The van der Waals surface area contributed by atoms with Crippen molar-refractivity contribution in [2.75, 3.05) is 18.6 Å². The summed E-state index contributed by atoms with van der Waals surface area (Å²) in [7, 11) is 1.49. The predicted molar refractivity (Wildman–Crippen MR) is 109 cm³/mol. The maximum absolute atomic E-state index is 12.9. The highest BCUT2D eigenvalue weighted by Crippen LogP contribution is 2.28. The number of carbonyl (C=O) groups excluding carboxylic acids is 3. The quantitative estimate of drug-likeness (QED) is 0.487. The van der Waals surface area contributed by atoms with E-state index in [1.54, 1.807) is 24.3 Å². The Balaban J connectivity index is 1.90. The van der Waals surface area contributed by atoms with Gasteiger partial charge in [-0.15, -0.1) is 0 Å². The molecule has 0 atom stereocenters. The number of hydrogen-bond donors (Lipinski definition) is 2. The second-order valence-electron chi connectivity index (χ2n) is 6.03. The molecule has 2 N–H and O–H groups in total. The number of rotatable bonds is 6. The van der Waals surface area contributed by atoms with Crippen molar-refractivity contribution in [2.24, 2.45) is 0 Å². The molecule has 3 rings (SSSR count). The molecule has 0 bridgehead atoms. The summed E-state index contributed by atoms with van der Waals surface area (Å²) < 4.78 is 10.6. The van der Waals surface area contributed by atoms with Crippen LogP contribution in [0.2, 0.25) is 0 Å². The number of benzene rings is 2. The summed E-state index contributed by atoms with van der Waals surface area (Å²) in [5.74, 6) is -1.89. The summed E-state index contributed by atoms with van der Waals surface area (Å²) >= 11 is 3.25. The molecule has 2 aromatic carbocycles. The number of methoxy groups -OCH3 is 1. The number of halogens is 1. The summed E-state index contributed by atoms with van der Waals surface area (Å²) in [6.07, 6.45) is 1.33. The number of nitrogens with one attached hydrogen (secondary N) is 1. The van der Waals surface area contributed by atoms with Gasteiger partial charge in [-0.05, 0) is 64.0 Å². The van der Waals surface area contributed by atoms with Crippen molar-refractivity contribution in [3.05, 3.63) is 58.1 Å². The molecule has 0 saturated carbocycles. The van der Waals surface area contributed by atoms with Crippen molar-refractivity contribution in [1.82, 2.24) is 5.32 Å². The fourth-order valence-electron chi connectivity index (χ4n) is 2.65. The zero-order chi connectivity index (χ0) is 21.8. The summed E-state index contributed by atoms with van der Waals surface area (Å²) in [6.45, 7) is -0.515. The van der Waals surface area contributed by atoms with Crippen molar-refractivity contribution in [2.45, 2.75) is 0 Å². The molecule has 1 aliphatic rings. The van der Waals surface area contributed by atoms with E-state index in [1.165, 1.54) is 31.4 Å². The van der Waals surface area contributed by atoms with E-state index in [4.69, 9.17) is 14.6 Å². The van der Waals surface area contributed by atoms with Gasteiger partial charge in [0, 0.05) is 0 Å². The lowest BCUT2D eigenvalue weighted by Gasteiger charge is -2.26. The van der Waals surface area contributed by atoms with Gasteiger partial charge in [0.05, 0.1) is 17.3 Å². The number of carboxylic acid groups (broad SMARTS) is 1. The third-order valence-corrected chi connectivity index (χ3v) is 4.67. The highest BCUT2D eigenvalue weighted by Gasteiger charge is 2.36. The molecule has 9 nitrogen and oxygen atoms in total. The number of ether oxygens (including phenoxy) is 2. The van der Waals surface area contributed by atoms with E-state index in [2.05, 4.69) is 21.2 Å². The lowest BCUT2D eigenvalue weighted by molar-refractivity contribution is -0.139. The second-order valence-corrected chi connectivity index (χ2v) is 6.88. The minimum absolute atomic E-state index is 0.239. The van der Waals surface area contributed by atoms with Crippen LogP contribution in [0, 0.1) is 0 Å². The number of barbiturate groups is 1. The Kier molecular flexibility index (Phi) is 6.17. The first-order valence-corrected chi connectivity index (χ1v) is 9.29. The Hall–Kier alpha value is -3.66. The SMILES string of the molecule is COc1ccc(N2C(=O)NC(=O)/C(=C/c3ccc(OCC(=O)O)c(Br)c3)C2=O)cc1. The third-order valence-electron chi connectivity index (χ3n) is 4.05. The smallest absolute Gasteiger partial charge is 0.341 e. The standard InChI is InChI=1S/C20H15BrN2O7/c1-29-13-5-3-12(4-6-13)23-19(27)14(18(26)22-20(23)28)8-11-2-7-16(15(21)9-11)30-10-17(24)25/h2-9H,10H2,1H3,(H,24,25)(H,22,26,28)/b14-8-. The van der Waals surface area contributed by atoms with Crippen molar-refractivity contribution in [3.63, 3.8) is 0 Å². The number of anilines is 1. The maximum atomic E-state index is 12.9. The zero-order valence-corrected chi connectivity index (χ0v) is 17.1. The van der Waals surface area contributed by atoms with Crippen LogP contribution in [0.1, 0.15) is 5.56 Å². The first kappa shape index (κ1) is 21.1. The number of nitrogens with zero attached hydrogens (tertiary/aromatic N) is 1. The molecule has 154 valence electrons. The second kappa shape index (κ2) is 8.78. The van der Waals surface area contributed by atoms with Crippen molar-refractivity contribution < 1.29 is 33.8 Å². The summed E-state index contributed by atoms with van der Waals surface area (Å²) in [4.78, 5) is 48.8. The van der Waals surface area contributed by atoms with Crippen LogP contribution in [-0.4, -0.2) is 42.6 Å². The van der Waals surface area contributed by atoms with Crippen LogP contribution in [0.25, 0.3) is 6.08 Å². The number of hydrogen-bond acceptors (Lipinski definition) is 6. The predicted octanol–water partition coefficient (Wildman–Crippen LogP) is 2.59. The fraction of sp³-hybridized carbons (Fsp3) is 0.100. The normalized spacial score (nSPS) is 15.2. The van der Waals surface area contributed by atoms with E-state index in [0.29, 0.717) is 15.8 Å². The molecule has 0 radical (unpaired) electrons.